The molecular formula is C20H26O3. The second-order valence-electron chi connectivity index (χ2n) is 6.44. The highest BCUT2D eigenvalue weighted by molar-refractivity contribution is 5.68. The van der Waals surface area contributed by atoms with Crippen LogP contribution < -0.4 is 0 Å². The van der Waals surface area contributed by atoms with E-state index < -0.39 is 0 Å². The van der Waals surface area contributed by atoms with Gasteiger partial charge in [-0.2, -0.15) is 0 Å². The molecule has 0 fully saturated rings. The van der Waals surface area contributed by atoms with Gasteiger partial charge in [0.15, 0.2) is 11.5 Å². The average molecular weight is 314 g/mol. The van der Waals surface area contributed by atoms with E-state index in [-0.39, 0.29) is 29.1 Å². The van der Waals surface area contributed by atoms with Crippen LogP contribution in [-0.2, 0) is 0 Å². The van der Waals surface area contributed by atoms with Crippen molar-refractivity contribution >= 4 is 6.08 Å². The van der Waals surface area contributed by atoms with Crippen molar-refractivity contribution in [2.75, 3.05) is 0 Å². The van der Waals surface area contributed by atoms with Crippen LogP contribution in [0.5, 0.6) is 17.2 Å². The number of aromatic hydroxyl groups is 3. The van der Waals surface area contributed by atoms with E-state index in [1.165, 1.54) is 11.6 Å². The van der Waals surface area contributed by atoms with Crippen molar-refractivity contribution in [2.45, 2.75) is 46.0 Å². The lowest BCUT2D eigenvalue weighted by Gasteiger charge is -2.31. The van der Waals surface area contributed by atoms with Crippen LogP contribution >= 0.6 is 0 Å². The third-order valence-corrected chi connectivity index (χ3v) is 4.57. The predicted molar refractivity (Wildman–Crippen MR) is 94.8 cm³/mol. The van der Waals surface area contributed by atoms with E-state index in [9.17, 15) is 15.3 Å². The monoisotopic (exact) mass is 314 g/mol. The first-order valence-corrected chi connectivity index (χ1v) is 8.13. The van der Waals surface area contributed by atoms with E-state index in [1.807, 2.05) is 26.8 Å². The molecule has 2 rings (SSSR count). The fourth-order valence-electron chi connectivity index (χ4n) is 3.29. The molecule has 124 valence electrons. The summed E-state index contributed by atoms with van der Waals surface area (Å²) >= 11 is 0. The van der Waals surface area contributed by atoms with Gasteiger partial charge < -0.3 is 15.3 Å². The summed E-state index contributed by atoms with van der Waals surface area (Å²) in [7, 11) is 0. The number of hydrogen-bond acceptors (Lipinski definition) is 3. The second kappa shape index (κ2) is 6.95. The number of allylic oxidation sites excluding steroid dienone is 4. The summed E-state index contributed by atoms with van der Waals surface area (Å²) in [5, 5.41) is 31.3. The largest absolute Gasteiger partial charge is 0.507 e. The van der Waals surface area contributed by atoms with Gasteiger partial charge in [-0.05, 0) is 45.1 Å². The van der Waals surface area contributed by atoms with Crippen molar-refractivity contribution in [3.63, 3.8) is 0 Å². The first-order chi connectivity index (χ1) is 10.9. The maximum atomic E-state index is 10.5. The summed E-state index contributed by atoms with van der Waals surface area (Å²) in [4.78, 5) is 0. The highest BCUT2D eigenvalue weighted by Crippen LogP contribution is 2.49. The lowest BCUT2D eigenvalue weighted by atomic mass is 9.73. The Balaban J connectivity index is 2.58. The van der Waals surface area contributed by atoms with Gasteiger partial charge in [-0.1, -0.05) is 42.9 Å². The topological polar surface area (TPSA) is 60.7 Å². The lowest BCUT2D eigenvalue weighted by Crippen LogP contribution is -2.17. The van der Waals surface area contributed by atoms with Gasteiger partial charge in [-0.3, -0.25) is 0 Å². The molecule has 3 N–H and O–H groups in total. The molecule has 3 nitrogen and oxygen atoms in total. The highest BCUT2D eigenvalue weighted by Gasteiger charge is 2.31. The molecule has 1 aromatic carbocycles. The van der Waals surface area contributed by atoms with E-state index in [0.717, 1.165) is 24.8 Å². The minimum absolute atomic E-state index is 0.0123. The van der Waals surface area contributed by atoms with E-state index in [4.69, 9.17) is 0 Å². The summed E-state index contributed by atoms with van der Waals surface area (Å²) in [6, 6.07) is 1.52. The molecule has 0 saturated heterocycles. The second-order valence-corrected chi connectivity index (χ2v) is 6.44. The van der Waals surface area contributed by atoms with E-state index in [2.05, 4.69) is 12.7 Å². The zero-order valence-electron chi connectivity index (χ0n) is 14.1. The number of phenols is 3. The first-order valence-electron chi connectivity index (χ1n) is 8.13. The van der Waals surface area contributed by atoms with Gasteiger partial charge in [-0.25, -0.2) is 0 Å². The standard InChI is InChI=1S/C20H26O3/c1-5-6-7-14-11-17(21)18(20(23)19(14)22)16-10-13(4)8-9-15(16)12(2)3/h6-7,10-11,15-16,21-23H,2,5,8-9H2,1,3-4H3/b7-6+. The quantitative estimate of drug-likeness (QED) is 0.404. The number of hydrogen-bond donors (Lipinski definition) is 3. The Bertz CT molecular complexity index is 668. The van der Waals surface area contributed by atoms with Crippen molar-refractivity contribution in [1.29, 1.82) is 0 Å². The van der Waals surface area contributed by atoms with Crippen LogP contribution in [0.15, 0.2) is 35.9 Å². The number of phenolic OH excluding ortho intramolecular Hbond substituents is 3. The Morgan fingerprint density at radius 2 is 2.00 bits per heavy atom. The molecule has 1 aliphatic rings. The summed E-state index contributed by atoms with van der Waals surface area (Å²) in [6.45, 7) is 10.1. The fourth-order valence-corrected chi connectivity index (χ4v) is 3.29. The number of rotatable bonds is 4. The Morgan fingerprint density at radius 3 is 2.61 bits per heavy atom. The minimum Gasteiger partial charge on any atom is -0.507 e. The molecule has 0 spiro atoms. The van der Waals surface area contributed by atoms with E-state index in [1.54, 1.807) is 6.08 Å². The molecular weight excluding hydrogens is 288 g/mol. The number of benzene rings is 1. The third-order valence-electron chi connectivity index (χ3n) is 4.57. The van der Waals surface area contributed by atoms with Gasteiger partial charge in [0.2, 0.25) is 0 Å². The summed E-state index contributed by atoms with van der Waals surface area (Å²) in [6.07, 6.45) is 8.37. The molecule has 2 unspecified atom stereocenters. The van der Waals surface area contributed by atoms with Gasteiger partial charge in [0.05, 0.1) is 0 Å². The molecule has 0 radical (unpaired) electrons. The molecule has 1 aromatic rings. The molecule has 0 aliphatic heterocycles. The van der Waals surface area contributed by atoms with E-state index >= 15 is 0 Å². The summed E-state index contributed by atoms with van der Waals surface area (Å²) in [5.41, 5.74) is 3.06. The zero-order chi connectivity index (χ0) is 17.1. The van der Waals surface area contributed by atoms with Gasteiger partial charge in [0, 0.05) is 17.0 Å². The van der Waals surface area contributed by atoms with Gasteiger partial charge in [0.1, 0.15) is 5.75 Å². The van der Waals surface area contributed by atoms with Crippen LogP contribution in [0.25, 0.3) is 6.08 Å². The molecule has 3 heteroatoms. The molecule has 2 atom stereocenters. The summed E-state index contributed by atoms with van der Waals surface area (Å²) in [5.74, 6) is -0.427. The van der Waals surface area contributed by atoms with Crippen molar-refractivity contribution in [2.24, 2.45) is 5.92 Å². The molecule has 0 aromatic heterocycles. The van der Waals surface area contributed by atoms with Crippen LogP contribution in [0.3, 0.4) is 0 Å². The Labute approximate surface area is 138 Å². The third kappa shape index (κ3) is 3.44. The van der Waals surface area contributed by atoms with Gasteiger partial charge >= 0.3 is 0 Å². The Kier molecular flexibility index (Phi) is 5.19. The van der Waals surface area contributed by atoms with Crippen LogP contribution in [0, 0.1) is 5.92 Å². The van der Waals surface area contributed by atoms with Crippen molar-refractivity contribution in [3.05, 3.63) is 47.1 Å². The molecule has 0 bridgehead atoms. The average Bonchev–Trinajstić information content (AvgIpc) is 2.49. The van der Waals surface area contributed by atoms with Crippen LogP contribution in [-0.4, -0.2) is 15.3 Å². The zero-order valence-corrected chi connectivity index (χ0v) is 14.1. The first kappa shape index (κ1) is 17.2. The predicted octanol–water partition coefficient (Wildman–Crippen LogP) is 5.24. The van der Waals surface area contributed by atoms with Gasteiger partial charge in [-0.15, -0.1) is 0 Å². The van der Waals surface area contributed by atoms with Gasteiger partial charge in [0.25, 0.3) is 0 Å². The Hall–Kier alpha value is -2.16. The lowest BCUT2D eigenvalue weighted by molar-refractivity contribution is 0.374. The highest BCUT2D eigenvalue weighted by atomic mass is 16.3. The molecule has 0 amide bonds. The molecule has 0 saturated carbocycles. The summed E-state index contributed by atoms with van der Waals surface area (Å²) < 4.78 is 0. The fraction of sp³-hybridized carbons (Fsp3) is 0.400. The van der Waals surface area contributed by atoms with E-state index in [0.29, 0.717) is 11.1 Å². The Morgan fingerprint density at radius 1 is 1.30 bits per heavy atom. The van der Waals surface area contributed by atoms with Crippen molar-refractivity contribution in [3.8, 4) is 17.2 Å². The van der Waals surface area contributed by atoms with Crippen LogP contribution in [0.4, 0.5) is 0 Å². The molecule has 1 aliphatic carbocycles. The maximum absolute atomic E-state index is 10.5. The minimum atomic E-state index is -0.233. The molecule has 0 heterocycles. The van der Waals surface area contributed by atoms with Crippen LogP contribution in [0.2, 0.25) is 0 Å². The van der Waals surface area contributed by atoms with Crippen LogP contribution in [0.1, 0.15) is 57.1 Å². The smallest absolute Gasteiger partial charge is 0.165 e. The molecule has 23 heavy (non-hydrogen) atoms. The maximum Gasteiger partial charge on any atom is 0.165 e. The SMILES string of the molecule is C=C(C)C1CCC(C)=CC1c1c(O)cc(/C=C/CC)c(O)c1O. The van der Waals surface area contributed by atoms with Crippen molar-refractivity contribution in [1.82, 2.24) is 0 Å². The normalized spacial score (nSPS) is 21.4. The van der Waals surface area contributed by atoms with Crippen molar-refractivity contribution < 1.29 is 15.3 Å².